The third-order valence-electron chi connectivity index (χ3n) is 15.2. The number of ether oxygens (including phenoxy) is 2. The fraction of sp³-hybridized carbons (Fsp3) is 0.634. The molecule has 0 heterocycles. The highest BCUT2D eigenvalue weighted by Crippen LogP contribution is 2.43. The van der Waals surface area contributed by atoms with Gasteiger partial charge in [0.1, 0.15) is 19.8 Å². The molecule has 0 radical (unpaired) electrons. The van der Waals surface area contributed by atoms with Crippen LogP contribution in [0.1, 0.15) is 284 Å². The van der Waals surface area contributed by atoms with Crippen LogP contribution in [0, 0.1) is 0 Å². The van der Waals surface area contributed by atoms with Crippen molar-refractivity contribution >= 4 is 19.8 Å². The van der Waals surface area contributed by atoms with Crippen LogP contribution in [0.4, 0.5) is 0 Å². The average Bonchev–Trinajstić information content (AvgIpc) is 2.23. The molecule has 2 unspecified atom stereocenters. The zero-order chi connectivity index (χ0) is 66.9. The Labute approximate surface area is 566 Å². The van der Waals surface area contributed by atoms with Crippen LogP contribution in [0.15, 0.2) is 170 Å². The van der Waals surface area contributed by atoms with E-state index in [2.05, 4.69) is 184 Å². The summed E-state index contributed by atoms with van der Waals surface area (Å²) >= 11 is 0. The van der Waals surface area contributed by atoms with E-state index in [0.717, 1.165) is 128 Å². The van der Waals surface area contributed by atoms with Crippen LogP contribution in [-0.2, 0) is 32.7 Å². The molecule has 522 valence electrons. The minimum atomic E-state index is -4.40. The summed E-state index contributed by atoms with van der Waals surface area (Å²) in [5.74, 6) is -0.806. The largest absolute Gasteiger partial charge is 0.472 e. The van der Waals surface area contributed by atoms with E-state index in [1.165, 1.54) is 122 Å². The zero-order valence-corrected chi connectivity index (χ0v) is 60.4. The second-order valence-corrected chi connectivity index (χ2v) is 26.7. The lowest BCUT2D eigenvalue weighted by Gasteiger charge is -2.24. The van der Waals surface area contributed by atoms with Crippen molar-refractivity contribution in [3.63, 3.8) is 0 Å². The van der Waals surface area contributed by atoms with Crippen LogP contribution in [0.2, 0.25) is 0 Å². The Balaban J connectivity index is 4.06. The van der Waals surface area contributed by atoms with Gasteiger partial charge in [0.2, 0.25) is 0 Å². The Hall–Kier alpha value is -4.63. The number of esters is 2. The number of phosphoric acid groups is 1. The number of hydrogen-bond acceptors (Lipinski definition) is 7. The number of rotatable bonds is 66. The first-order valence-electron chi connectivity index (χ1n) is 36.9. The molecule has 0 aliphatic carbocycles. The molecule has 2 atom stereocenters. The first-order chi connectivity index (χ1) is 45.0. The van der Waals surface area contributed by atoms with Crippen LogP contribution < -0.4 is 0 Å². The highest BCUT2D eigenvalue weighted by Gasteiger charge is 2.27. The van der Waals surface area contributed by atoms with E-state index in [4.69, 9.17) is 18.5 Å². The van der Waals surface area contributed by atoms with Crippen molar-refractivity contribution in [1.82, 2.24) is 0 Å². The predicted octanol–water partition coefficient (Wildman–Crippen LogP) is 24.5. The molecule has 0 aromatic carbocycles. The summed E-state index contributed by atoms with van der Waals surface area (Å²) in [6.45, 7) is 4.20. The normalized spacial score (nSPS) is 14.1. The van der Waals surface area contributed by atoms with E-state index in [0.29, 0.717) is 17.4 Å². The number of unbranched alkanes of at least 4 members (excludes halogenated alkanes) is 24. The molecule has 10 heteroatoms. The van der Waals surface area contributed by atoms with Gasteiger partial charge in [-0.1, -0.05) is 312 Å². The number of carbonyl (C=O) groups is 2. The first kappa shape index (κ1) is 87.4. The molecular weight excluding hydrogens is 1160 g/mol. The fourth-order valence-corrected chi connectivity index (χ4v) is 10.4. The van der Waals surface area contributed by atoms with Crippen LogP contribution >= 0.6 is 7.82 Å². The second-order valence-electron chi connectivity index (χ2n) is 25.2. The summed E-state index contributed by atoms with van der Waals surface area (Å²) in [5, 5.41) is 0. The SMILES string of the molecule is CC/C=C\C/C=C\C/C=C\C/C=C\C/C=C\C/C=C\C/C=C\C/C=C\C/C=C\CCCCCCCCCCCCCCCC(=O)OC(COC(=O)CCCCCCCCCCCCC/C=C\C/C=C\C/C=C\C/C=C\C/C=C\CC)COP(=O)(O)OCC[N+](C)(C)C. The van der Waals surface area contributed by atoms with Gasteiger partial charge in [-0.2, -0.15) is 0 Å². The van der Waals surface area contributed by atoms with Crippen LogP contribution in [0.25, 0.3) is 0 Å². The van der Waals surface area contributed by atoms with Gasteiger partial charge in [0, 0.05) is 12.8 Å². The molecule has 0 aromatic heterocycles. The van der Waals surface area contributed by atoms with Crippen LogP contribution in [0.3, 0.4) is 0 Å². The molecule has 0 rings (SSSR count). The van der Waals surface area contributed by atoms with E-state index in [1.807, 2.05) is 21.1 Å². The van der Waals surface area contributed by atoms with Crippen molar-refractivity contribution in [3.05, 3.63) is 170 Å². The van der Waals surface area contributed by atoms with Crippen molar-refractivity contribution in [1.29, 1.82) is 0 Å². The van der Waals surface area contributed by atoms with Crippen molar-refractivity contribution < 1.29 is 42.1 Å². The van der Waals surface area contributed by atoms with Gasteiger partial charge >= 0.3 is 19.8 Å². The van der Waals surface area contributed by atoms with Gasteiger partial charge in [0.25, 0.3) is 0 Å². The Morgan fingerprint density at radius 3 is 0.870 bits per heavy atom. The first-order valence-corrected chi connectivity index (χ1v) is 38.4. The Kier molecular flexibility index (Phi) is 67.1. The van der Waals surface area contributed by atoms with Gasteiger partial charge in [0.05, 0.1) is 27.7 Å². The number of phosphoric ester groups is 1. The van der Waals surface area contributed by atoms with Crippen molar-refractivity contribution in [2.45, 2.75) is 290 Å². The number of quaternary nitrogens is 1. The maximum Gasteiger partial charge on any atom is 0.472 e. The average molecular weight is 1300 g/mol. The van der Waals surface area contributed by atoms with E-state index < -0.39 is 26.5 Å². The van der Waals surface area contributed by atoms with Crippen molar-refractivity contribution in [3.8, 4) is 0 Å². The molecule has 0 bridgehead atoms. The maximum atomic E-state index is 12.9. The highest BCUT2D eigenvalue weighted by atomic mass is 31.2. The molecular formula is C82H137NO8P+. The second kappa shape index (κ2) is 70.7. The van der Waals surface area contributed by atoms with E-state index >= 15 is 0 Å². The number of carbonyl (C=O) groups excluding carboxylic acids is 2. The molecule has 0 saturated carbocycles. The molecule has 0 aromatic rings. The Morgan fingerprint density at radius 2 is 0.587 bits per heavy atom. The summed E-state index contributed by atoms with van der Waals surface area (Å²) in [4.78, 5) is 35.9. The zero-order valence-electron chi connectivity index (χ0n) is 59.5. The third kappa shape index (κ3) is 74.4. The highest BCUT2D eigenvalue weighted by molar-refractivity contribution is 7.47. The predicted molar refractivity (Wildman–Crippen MR) is 399 cm³/mol. The van der Waals surface area contributed by atoms with E-state index in [-0.39, 0.29) is 32.0 Å². The number of allylic oxidation sites excluding steroid dienone is 28. The monoisotopic (exact) mass is 1300 g/mol. The van der Waals surface area contributed by atoms with Crippen molar-refractivity contribution in [2.75, 3.05) is 47.5 Å². The molecule has 0 spiro atoms. The summed E-state index contributed by atoms with van der Waals surface area (Å²) in [6, 6.07) is 0. The van der Waals surface area contributed by atoms with Gasteiger partial charge in [0.15, 0.2) is 6.10 Å². The molecule has 0 fully saturated rings. The lowest BCUT2D eigenvalue weighted by atomic mass is 10.0. The van der Waals surface area contributed by atoms with Crippen molar-refractivity contribution in [2.24, 2.45) is 0 Å². The van der Waals surface area contributed by atoms with E-state index in [9.17, 15) is 19.0 Å². The molecule has 0 amide bonds. The van der Waals surface area contributed by atoms with Gasteiger partial charge in [-0.05, 0) is 128 Å². The van der Waals surface area contributed by atoms with Crippen LogP contribution in [-0.4, -0.2) is 74.9 Å². The van der Waals surface area contributed by atoms with Gasteiger partial charge < -0.3 is 18.9 Å². The topological polar surface area (TPSA) is 108 Å². The lowest BCUT2D eigenvalue weighted by molar-refractivity contribution is -0.870. The molecule has 0 aliphatic heterocycles. The minimum Gasteiger partial charge on any atom is -0.462 e. The van der Waals surface area contributed by atoms with E-state index in [1.54, 1.807) is 0 Å². The standard InChI is InChI=1S/C82H136NO8P/c1-6-8-10-12-14-16-18-20-22-24-26-28-30-32-34-35-36-37-38-39-40-41-42-43-44-45-46-47-49-51-53-55-57-59-61-63-65-67-69-71-73-75-82(85)91-80(79-90-92(86,87)89-77-76-83(3,4)5)78-88-81(84)74-72-70-68-66-64-62-60-58-56-54-52-50-48-33-31-29-27-25-23-21-19-17-15-13-11-9-7-2/h8-11,14-17,20-23,26-29,32-34,36-37,39-40,42-43,45-46,48,80H,6-7,12-13,18-19,24-25,30-31,35,38,41,44,47,49-79H2,1-5H3/p+1/b10-8-,11-9-,16-14-,17-15-,22-20-,23-21-,28-26-,29-27-,34-32-,37-36-,40-39-,43-42-,46-45-,48-33-. The van der Waals surface area contributed by atoms with Gasteiger partial charge in [-0.25, -0.2) is 4.57 Å². The quantitative estimate of drug-likeness (QED) is 0.0211. The Morgan fingerprint density at radius 1 is 0.337 bits per heavy atom. The summed E-state index contributed by atoms with van der Waals surface area (Å²) in [6.07, 6.45) is 107. The smallest absolute Gasteiger partial charge is 0.462 e. The van der Waals surface area contributed by atoms with Gasteiger partial charge in [-0.3, -0.25) is 18.6 Å². The Bertz CT molecular complexity index is 2160. The minimum absolute atomic E-state index is 0.0239. The molecule has 0 saturated heterocycles. The number of nitrogens with zero attached hydrogens (tertiary/aromatic N) is 1. The fourth-order valence-electron chi connectivity index (χ4n) is 9.68. The molecule has 0 aliphatic rings. The van der Waals surface area contributed by atoms with Crippen LogP contribution in [0.5, 0.6) is 0 Å². The lowest BCUT2D eigenvalue weighted by Crippen LogP contribution is -2.37. The number of hydrogen-bond donors (Lipinski definition) is 1. The number of likely N-dealkylation sites (N-methyl/N-ethyl adjacent to an activating group) is 1. The summed E-state index contributed by atoms with van der Waals surface area (Å²) < 4.78 is 34.7. The molecule has 92 heavy (non-hydrogen) atoms. The van der Waals surface area contributed by atoms with Gasteiger partial charge in [-0.15, -0.1) is 0 Å². The maximum absolute atomic E-state index is 12.9. The third-order valence-corrected chi connectivity index (χ3v) is 16.2. The molecule has 9 nitrogen and oxygen atoms in total. The molecule has 1 N–H and O–H groups in total. The summed E-state index contributed by atoms with van der Waals surface area (Å²) in [7, 11) is 1.46. The summed E-state index contributed by atoms with van der Waals surface area (Å²) in [5.41, 5.74) is 0.